The third kappa shape index (κ3) is 5.69. The summed E-state index contributed by atoms with van der Waals surface area (Å²) in [6.07, 6.45) is 2.79. The van der Waals surface area contributed by atoms with Crippen molar-refractivity contribution in [1.29, 1.82) is 0 Å². The molecule has 4 aromatic rings. The maximum atomic E-state index is 13.0. The summed E-state index contributed by atoms with van der Waals surface area (Å²) in [4.78, 5) is 28.2. The third-order valence-electron chi connectivity index (χ3n) is 6.97. The molecule has 3 heterocycles. The number of anilines is 1. The van der Waals surface area contributed by atoms with Crippen LogP contribution in [0.15, 0.2) is 34.8 Å². The van der Waals surface area contributed by atoms with Crippen molar-refractivity contribution in [3.63, 3.8) is 0 Å². The smallest absolute Gasteiger partial charge is 0.341 e. The summed E-state index contributed by atoms with van der Waals surface area (Å²) in [7, 11) is 1.93. The van der Waals surface area contributed by atoms with Gasteiger partial charge in [-0.2, -0.15) is 0 Å². The largest absolute Gasteiger partial charge is 0.462 e. The Balaban J connectivity index is 1.32. The highest BCUT2D eigenvalue weighted by Gasteiger charge is 2.29. The van der Waals surface area contributed by atoms with Crippen molar-refractivity contribution in [3.8, 4) is 22.5 Å². The number of benzene rings is 1. The predicted octanol–water partition coefficient (Wildman–Crippen LogP) is 6.92. The summed E-state index contributed by atoms with van der Waals surface area (Å²) in [6.45, 7) is 8.51. The van der Waals surface area contributed by atoms with Crippen molar-refractivity contribution in [2.75, 3.05) is 17.7 Å². The lowest BCUT2D eigenvalue weighted by atomic mass is 9.88. The Bertz CT molecular complexity index is 1520. The summed E-state index contributed by atoms with van der Waals surface area (Å²) >= 11 is 4.52. The van der Waals surface area contributed by atoms with Crippen molar-refractivity contribution in [1.82, 2.24) is 14.8 Å². The monoisotopic (exact) mass is 580 g/mol. The summed E-state index contributed by atoms with van der Waals surface area (Å²) in [5, 5.41) is 15.2. The van der Waals surface area contributed by atoms with Crippen molar-refractivity contribution in [2.24, 2.45) is 13.0 Å². The molecule has 7 nitrogen and oxygen atoms in total. The molecule has 3 aromatic heterocycles. The third-order valence-corrected chi connectivity index (χ3v) is 10.1. The molecule has 0 fully saturated rings. The highest BCUT2D eigenvalue weighted by molar-refractivity contribution is 7.99. The number of carbonyl (C=O) groups excluding carboxylic acids is 2. The minimum atomic E-state index is -0.360. The van der Waals surface area contributed by atoms with Crippen LogP contribution in [0.5, 0.6) is 0 Å². The van der Waals surface area contributed by atoms with E-state index in [2.05, 4.69) is 65.9 Å². The second-order valence-electron chi connectivity index (χ2n) is 9.92. The molecule has 39 heavy (non-hydrogen) atoms. The van der Waals surface area contributed by atoms with Gasteiger partial charge in [-0.15, -0.1) is 32.9 Å². The zero-order valence-electron chi connectivity index (χ0n) is 22.8. The maximum absolute atomic E-state index is 13.0. The van der Waals surface area contributed by atoms with Gasteiger partial charge in [-0.25, -0.2) is 4.79 Å². The normalized spacial score (nSPS) is 14.7. The molecule has 0 radical (unpaired) electrons. The molecule has 1 unspecified atom stereocenters. The van der Waals surface area contributed by atoms with Crippen LogP contribution in [0.3, 0.4) is 0 Å². The topological polar surface area (TPSA) is 86.1 Å². The van der Waals surface area contributed by atoms with Crippen LogP contribution in [0.2, 0.25) is 0 Å². The van der Waals surface area contributed by atoms with E-state index in [9.17, 15) is 9.59 Å². The van der Waals surface area contributed by atoms with Gasteiger partial charge in [0.15, 0.2) is 11.0 Å². The molecule has 204 valence electrons. The minimum absolute atomic E-state index is 0.153. The van der Waals surface area contributed by atoms with E-state index in [1.54, 1.807) is 18.3 Å². The quantitative estimate of drug-likeness (QED) is 0.180. The number of amides is 1. The van der Waals surface area contributed by atoms with E-state index in [-0.39, 0.29) is 17.6 Å². The van der Waals surface area contributed by atoms with Crippen LogP contribution in [0.4, 0.5) is 5.00 Å². The fourth-order valence-electron chi connectivity index (χ4n) is 4.92. The average molecular weight is 581 g/mol. The molecule has 0 aliphatic heterocycles. The van der Waals surface area contributed by atoms with Gasteiger partial charge in [0, 0.05) is 33.3 Å². The van der Waals surface area contributed by atoms with E-state index in [0.717, 1.165) is 47.3 Å². The van der Waals surface area contributed by atoms with Gasteiger partial charge in [-0.05, 0) is 57.1 Å². The first kappa shape index (κ1) is 27.6. The summed E-state index contributed by atoms with van der Waals surface area (Å²) < 4.78 is 7.27. The minimum Gasteiger partial charge on any atom is -0.462 e. The zero-order chi connectivity index (χ0) is 27.7. The van der Waals surface area contributed by atoms with Gasteiger partial charge in [0.1, 0.15) is 5.00 Å². The molecule has 1 amide bonds. The molecular formula is C29H32N4O3S3. The van der Waals surface area contributed by atoms with Crippen LogP contribution in [-0.2, 0) is 29.4 Å². The van der Waals surface area contributed by atoms with Gasteiger partial charge in [-0.1, -0.05) is 48.5 Å². The number of carbonyl (C=O) groups is 2. The molecule has 1 N–H and O–H groups in total. The Morgan fingerprint density at radius 2 is 1.97 bits per heavy atom. The van der Waals surface area contributed by atoms with E-state index < -0.39 is 0 Å². The number of aromatic nitrogens is 3. The SMILES string of the molecule is CCOC(=O)c1c(NC(=O)CSc2nnc(-c3csc(C)c3-c3ccc(C)cc3)n2C)sc2c1CCC(C)C2. The Labute approximate surface area is 241 Å². The Hall–Kier alpha value is -2.95. The molecule has 5 rings (SSSR count). The lowest BCUT2D eigenvalue weighted by Crippen LogP contribution is -2.18. The zero-order valence-corrected chi connectivity index (χ0v) is 25.2. The van der Waals surface area contributed by atoms with Gasteiger partial charge in [0.2, 0.25) is 5.91 Å². The van der Waals surface area contributed by atoms with Crippen LogP contribution in [0, 0.1) is 19.8 Å². The molecule has 1 aromatic carbocycles. The van der Waals surface area contributed by atoms with E-state index in [1.807, 2.05) is 11.6 Å². The second kappa shape index (κ2) is 11.7. The Kier molecular flexibility index (Phi) is 8.25. The summed E-state index contributed by atoms with van der Waals surface area (Å²) in [5.74, 6) is 0.937. The number of esters is 1. The number of hydrogen-bond donors (Lipinski definition) is 1. The molecule has 0 saturated heterocycles. The van der Waals surface area contributed by atoms with Crippen molar-refractivity contribution < 1.29 is 14.3 Å². The number of aryl methyl sites for hydroxylation is 2. The number of rotatable bonds is 8. The molecule has 1 aliphatic carbocycles. The molecule has 1 atom stereocenters. The second-order valence-corrected chi connectivity index (χ2v) is 13.1. The van der Waals surface area contributed by atoms with Crippen molar-refractivity contribution in [2.45, 2.75) is 52.1 Å². The number of thioether (sulfide) groups is 1. The van der Waals surface area contributed by atoms with Crippen molar-refractivity contribution in [3.05, 3.63) is 56.1 Å². The number of nitrogens with one attached hydrogen (secondary N) is 1. The maximum Gasteiger partial charge on any atom is 0.341 e. The first-order valence-corrected chi connectivity index (χ1v) is 15.7. The Morgan fingerprint density at radius 3 is 2.72 bits per heavy atom. The van der Waals surface area contributed by atoms with Gasteiger partial charge in [-0.3, -0.25) is 4.79 Å². The van der Waals surface area contributed by atoms with Gasteiger partial charge < -0.3 is 14.6 Å². The first-order chi connectivity index (χ1) is 18.8. The molecule has 10 heteroatoms. The van der Waals surface area contributed by atoms with E-state index in [4.69, 9.17) is 4.74 Å². The highest BCUT2D eigenvalue weighted by Crippen LogP contribution is 2.41. The van der Waals surface area contributed by atoms with Crippen LogP contribution >= 0.6 is 34.4 Å². The number of hydrogen-bond acceptors (Lipinski definition) is 8. The molecule has 0 saturated carbocycles. The van der Waals surface area contributed by atoms with Gasteiger partial charge >= 0.3 is 5.97 Å². The molecule has 0 bridgehead atoms. The first-order valence-electron chi connectivity index (χ1n) is 13.1. The van der Waals surface area contributed by atoms with Crippen LogP contribution in [0.1, 0.15) is 51.5 Å². The average Bonchev–Trinajstić information content (AvgIpc) is 3.57. The van der Waals surface area contributed by atoms with E-state index in [0.29, 0.717) is 28.2 Å². The summed E-state index contributed by atoms with van der Waals surface area (Å²) in [6, 6.07) is 8.51. The number of thiophene rings is 2. The Morgan fingerprint density at radius 1 is 1.21 bits per heavy atom. The van der Waals surface area contributed by atoms with Crippen molar-refractivity contribution >= 4 is 51.3 Å². The van der Waals surface area contributed by atoms with Gasteiger partial charge in [0.25, 0.3) is 0 Å². The lowest BCUT2D eigenvalue weighted by Gasteiger charge is -2.18. The summed E-state index contributed by atoms with van der Waals surface area (Å²) in [5.41, 5.74) is 6.12. The van der Waals surface area contributed by atoms with Crippen LogP contribution in [0.25, 0.3) is 22.5 Å². The fraction of sp³-hybridized carbons (Fsp3) is 0.379. The lowest BCUT2D eigenvalue weighted by molar-refractivity contribution is -0.113. The number of ether oxygens (including phenoxy) is 1. The van der Waals surface area contributed by atoms with Crippen LogP contribution < -0.4 is 5.32 Å². The molecule has 1 aliphatic rings. The standard InChI is InChI=1S/C29H32N4O3S3/c1-6-36-28(35)25-20-12-9-17(3)13-22(20)39-27(25)30-23(34)15-38-29-32-31-26(33(29)5)21-14-37-18(4)24(21)19-10-7-16(2)8-11-19/h7-8,10-11,14,17H,6,9,12-13,15H2,1-5H3,(H,30,34). The fourth-order valence-corrected chi connectivity index (χ4v) is 7.91. The van der Waals surface area contributed by atoms with E-state index >= 15 is 0 Å². The molecule has 0 spiro atoms. The number of nitrogens with zero attached hydrogens (tertiary/aromatic N) is 3. The van der Waals surface area contributed by atoms with E-state index in [1.165, 1.54) is 38.4 Å². The highest BCUT2D eigenvalue weighted by atomic mass is 32.2. The number of fused-ring (bicyclic) bond motifs is 1. The molecular weight excluding hydrogens is 549 g/mol. The van der Waals surface area contributed by atoms with Gasteiger partial charge in [0.05, 0.1) is 17.9 Å². The predicted molar refractivity (Wildman–Crippen MR) is 160 cm³/mol. The van der Waals surface area contributed by atoms with Crippen LogP contribution in [-0.4, -0.2) is 39.0 Å².